The Morgan fingerprint density at radius 1 is 1.00 bits per heavy atom. The molecule has 0 bridgehead atoms. The zero-order chi connectivity index (χ0) is 18.9. The van der Waals surface area contributed by atoms with Crippen LogP contribution in [0.15, 0.2) is 48.1 Å². The van der Waals surface area contributed by atoms with E-state index in [-0.39, 0.29) is 0 Å². The number of pyridine rings is 2. The molecule has 3 heterocycles. The zero-order valence-corrected chi connectivity index (χ0v) is 16.8. The van der Waals surface area contributed by atoms with Crippen molar-refractivity contribution in [3.05, 3.63) is 53.7 Å². The van der Waals surface area contributed by atoms with Crippen molar-refractivity contribution in [3.63, 3.8) is 0 Å². The lowest BCUT2D eigenvalue weighted by Crippen LogP contribution is -2.28. The van der Waals surface area contributed by atoms with Crippen LogP contribution in [0.1, 0.15) is 45.1 Å². The minimum atomic E-state index is 0.593. The second-order valence-electron chi connectivity index (χ2n) is 6.58. The van der Waals surface area contributed by atoms with Crippen LogP contribution in [0.5, 0.6) is 0 Å². The van der Waals surface area contributed by atoms with Crippen LogP contribution < -0.4 is 10.6 Å². The van der Waals surface area contributed by atoms with Crippen LogP contribution in [0.25, 0.3) is 10.7 Å². The van der Waals surface area contributed by atoms with Gasteiger partial charge in [-0.3, -0.25) is 0 Å². The molecule has 2 N–H and O–H groups in total. The molecule has 0 aliphatic carbocycles. The summed E-state index contributed by atoms with van der Waals surface area (Å²) in [5, 5.41) is 9.80. The fraction of sp³-hybridized carbons (Fsp3) is 0.381. The molecule has 5 nitrogen and oxygen atoms in total. The van der Waals surface area contributed by atoms with Crippen molar-refractivity contribution in [2.24, 2.45) is 0 Å². The summed E-state index contributed by atoms with van der Waals surface area (Å²) in [6, 6.07) is 10.6. The van der Waals surface area contributed by atoms with E-state index < -0.39 is 0 Å². The summed E-state index contributed by atoms with van der Waals surface area (Å²) in [6.07, 6.45) is 8.60. The van der Waals surface area contributed by atoms with Crippen LogP contribution in [-0.2, 0) is 6.54 Å². The third-order valence-corrected chi connectivity index (χ3v) is 5.15. The Bertz CT molecular complexity index is 796. The summed E-state index contributed by atoms with van der Waals surface area (Å²) in [5.41, 5.74) is 2.07. The van der Waals surface area contributed by atoms with Gasteiger partial charge in [0.25, 0.3) is 0 Å². The van der Waals surface area contributed by atoms with Crippen molar-refractivity contribution >= 4 is 23.0 Å². The first kappa shape index (κ1) is 19.5. The van der Waals surface area contributed by atoms with Crippen molar-refractivity contribution in [2.45, 2.75) is 52.1 Å². The number of thiazole rings is 1. The number of hydrogen-bond donors (Lipinski definition) is 2. The van der Waals surface area contributed by atoms with E-state index in [9.17, 15) is 0 Å². The van der Waals surface area contributed by atoms with Gasteiger partial charge in [-0.05, 0) is 36.6 Å². The van der Waals surface area contributed by atoms with Crippen molar-refractivity contribution in [1.82, 2.24) is 20.3 Å². The normalized spacial score (nSPS) is 11.1. The maximum Gasteiger partial charge on any atom is 0.141 e. The molecular formula is C21H27N5S. The number of nitrogens with zero attached hydrogens (tertiary/aromatic N) is 3. The molecule has 0 saturated carbocycles. The van der Waals surface area contributed by atoms with Crippen LogP contribution in [0.4, 0.5) is 11.6 Å². The van der Waals surface area contributed by atoms with Gasteiger partial charge in [-0.1, -0.05) is 38.8 Å². The lowest BCUT2D eigenvalue weighted by Gasteiger charge is -2.17. The Morgan fingerprint density at radius 3 is 2.52 bits per heavy atom. The summed E-state index contributed by atoms with van der Waals surface area (Å²) < 4.78 is 0. The summed E-state index contributed by atoms with van der Waals surface area (Å²) >= 11 is 1.58. The third kappa shape index (κ3) is 5.84. The monoisotopic (exact) mass is 381 g/mol. The van der Waals surface area contributed by atoms with E-state index in [1.165, 1.54) is 31.2 Å². The molecule has 27 heavy (non-hydrogen) atoms. The molecule has 0 saturated heterocycles. The summed E-state index contributed by atoms with van der Waals surface area (Å²) in [7, 11) is 0. The van der Waals surface area contributed by atoms with Crippen molar-refractivity contribution < 1.29 is 0 Å². The molecule has 6 heteroatoms. The quantitative estimate of drug-likeness (QED) is 0.492. The fourth-order valence-corrected chi connectivity index (χ4v) is 3.62. The molecule has 0 amide bonds. The standard InChI is InChI=1S/C21H27N5S/c1-3-6-17(7-4-2)23-14-16-10-11-19(24-15-16)26-20-9-5-8-18(25-20)21-22-12-13-27-21/h5,8-13,15,17,23H,3-4,6-7,14H2,1-2H3,(H,24,25,26). The minimum absolute atomic E-state index is 0.593. The lowest BCUT2D eigenvalue weighted by atomic mass is 10.1. The first-order valence-electron chi connectivity index (χ1n) is 9.60. The zero-order valence-electron chi connectivity index (χ0n) is 16.0. The van der Waals surface area contributed by atoms with Gasteiger partial charge in [0.1, 0.15) is 22.3 Å². The van der Waals surface area contributed by atoms with Crippen molar-refractivity contribution in [1.29, 1.82) is 0 Å². The van der Waals surface area contributed by atoms with Crippen LogP contribution in [0.2, 0.25) is 0 Å². The SMILES string of the molecule is CCCC(CCC)NCc1ccc(Nc2cccc(-c3nccs3)n2)nc1. The van der Waals surface area contributed by atoms with Gasteiger partial charge in [0.05, 0.1) is 0 Å². The maximum absolute atomic E-state index is 4.62. The Hall–Kier alpha value is -2.31. The van der Waals surface area contributed by atoms with E-state index in [1.54, 1.807) is 17.5 Å². The number of hydrogen-bond acceptors (Lipinski definition) is 6. The molecule has 142 valence electrons. The summed E-state index contributed by atoms with van der Waals surface area (Å²) in [4.78, 5) is 13.5. The number of anilines is 2. The number of rotatable bonds is 10. The van der Waals surface area contributed by atoms with Gasteiger partial charge < -0.3 is 10.6 Å². The smallest absolute Gasteiger partial charge is 0.141 e. The Kier molecular flexibility index (Phi) is 7.30. The van der Waals surface area contributed by atoms with Gasteiger partial charge in [0, 0.05) is 30.4 Å². The average molecular weight is 382 g/mol. The van der Waals surface area contributed by atoms with Gasteiger partial charge in [0.2, 0.25) is 0 Å². The first-order chi connectivity index (χ1) is 13.3. The number of aromatic nitrogens is 3. The van der Waals surface area contributed by atoms with E-state index in [2.05, 4.69) is 45.5 Å². The van der Waals surface area contributed by atoms with Crippen molar-refractivity contribution in [2.75, 3.05) is 5.32 Å². The minimum Gasteiger partial charge on any atom is -0.325 e. The fourth-order valence-electron chi connectivity index (χ4n) is 3.02. The molecule has 0 atom stereocenters. The molecular weight excluding hydrogens is 354 g/mol. The van der Waals surface area contributed by atoms with Gasteiger partial charge >= 0.3 is 0 Å². The second-order valence-corrected chi connectivity index (χ2v) is 7.47. The predicted octanol–water partition coefficient (Wildman–Crippen LogP) is 5.40. The second kappa shape index (κ2) is 10.1. The van der Waals surface area contributed by atoms with Gasteiger partial charge in [-0.2, -0.15) is 0 Å². The highest BCUT2D eigenvalue weighted by atomic mass is 32.1. The largest absolute Gasteiger partial charge is 0.325 e. The van der Waals surface area contributed by atoms with Gasteiger partial charge in [0.15, 0.2) is 0 Å². The van der Waals surface area contributed by atoms with Crippen LogP contribution in [0.3, 0.4) is 0 Å². The lowest BCUT2D eigenvalue weighted by molar-refractivity contribution is 0.443. The topological polar surface area (TPSA) is 62.7 Å². The summed E-state index contributed by atoms with van der Waals surface area (Å²) in [5.74, 6) is 1.56. The molecule has 0 aliphatic heterocycles. The van der Waals surface area contributed by atoms with E-state index in [0.29, 0.717) is 6.04 Å². The van der Waals surface area contributed by atoms with Gasteiger partial charge in [-0.25, -0.2) is 15.0 Å². The predicted molar refractivity (Wildman–Crippen MR) is 113 cm³/mol. The van der Waals surface area contributed by atoms with E-state index >= 15 is 0 Å². The van der Waals surface area contributed by atoms with Crippen molar-refractivity contribution in [3.8, 4) is 10.7 Å². The Labute approximate surface area is 165 Å². The molecule has 0 fully saturated rings. The highest BCUT2D eigenvalue weighted by Crippen LogP contribution is 2.22. The molecule has 0 unspecified atom stereocenters. The van der Waals surface area contributed by atoms with Gasteiger partial charge in [-0.15, -0.1) is 11.3 Å². The third-order valence-electron chi connectivity index (χ3n) is 4.35. The summed E-state index contributed by atoms with van der Waals surface area (Å²) in [6.45, 7) is 5.34. The maximum atomic E-state index is 4.62. The molecule has 3 aromatic heterocycles. The molecule has 0 spiro atoms. The Balaban J connectivity index is 1.58. The molecule has 3 aromatic rings. The van der Waals surface area contributed by atoms with Crippen LogP contribution >= 0.6 is 11.3 Å². The molecule has 0 aromatic carbocycles. The molecule has 0 aliphatic rings. The van der Waals surface area contributed by atoms with Crippen LogP contribution in [-0.4, -0.2) is 21.0 Å². The van der Waals surface area contributed by atoms with E-state index in [0.717, 1.165) is 28.9 Å². The average Bonchev–Trinajstić information content (AvgIpc) is 3.23. The molecule has 3 rings (SSSR count). The van der Waals surface area contributed by atoms with E-state index in [1.807, 2.05) is 35.8 Å². The Morgan fingerprint density at radius 2 is 1.85 bits per heavy atom. The van der Waals surface area contributed by atoms with Crippen LogP contribution in [0, 0.1) is 0 Å². The first-order valence-corrected chi connectivity index (χ1v) is 10.5. The highest BCUT2D eigenvalue weighted by molar-refractivity contribution is 7.13. The highest BCUT2D eigenvalue weighted by Gasteiger charge is 2.07. The van der Waals surface area contributed by atoms with E-state index in [4.69, 9.17) is 0 Å². The molecule has 0 radical (unpaired) electrons. The number of nitrogens with one attached hydrogen (secondary N) is 2.